The van der Waals surface area contributed by atoms with Crippen molar-refractivity contribution >= 4 is 29.3 Å². The van der Waals surface area contributed by atoms with E-state index in [1.165, 1.54) is 11.1 Å². The first-order chi connectivity index (χ1) is 16.2. The maximum atomic E-state index is 12.5. The average Bonchev–Trinajstić information content (AvgIpc) is 2.86. The lowest BCUT2D eigenvalue weighted by Gasteiger charge is -2.34. The molecule has 180 valence electrons. The number of pyridine rings is 1. The van der Waals surface area contributed by atoms with Crippen LogP contribution in [-0.4, -0.2) is 54.4 Å². The van der Waals surface area contributed by atoms with E-state index < -0.39 is 0 Å². The third kappa shape index (κ3) is 5.45. The Hall–Kier alpha value is -2.83. The molecule has 0 spiro atoms. The number of urea groups is 1. The normalized spacial score (nSPS) is 17.3. The summed E-state index contributed by atoms with van der Waals surface area (Å²) in [5.41, 5.74) is 4.58. The molecule has 3 aromatic rings. The Balaban J connectivity index is 0.00000274. The van der Waals surface area contributed by atoms with Gasteiger partial charge >= 0.3 is 6.03 Å². The van der Waals surface area contributed by atoms with E-state index in [1.54, 1.807) is 0 Å². The van der Waals surface area contributed by atoms with Crippen LogP contribution in [0.3, 0.4) is 0 Å². The molecule has 7 heteroatoms. The SMILES string of the molecule is Cc1c(-c2ccc(OC3CCN(C(=O)NC4CCOCC4)CC3)cc2)ccc2cccnc12.Cl. The summed E-state index contributed by atoms with van der Waals surface area (Å²) in [6.07, 6.45) is 5.47. The van der Waals surface area contributed by atoms with Gasteiger partial charge < -0.3 is 19.7 Å². The monoisotopic (exact) mass is 481 g/mol. The van der Waals surface area contributed by atoms with E-state index in [0.717, 1.165) is 74.2 Å². The van der Waals surface area contributed by atoms with Crippen LogP contribution in [0.1, 0.15) is 31.2 Å². The van der Waals surface area contributed by atoms with Crippen molar-refractivity contribution < 1.29 is 14.3 Å². The van der Waals surface area contributed by atoms with Crippen LogP contribution < -0.4 is 10.1 Å². The van der Waals surface area contributed by atoms with E-state index in [0.29, 0.717) is 0 Å². The molecule has 2 fully saturated rings. The fourth-order valence-corrected chi connectivity index (χ4v) is 4.79. The molecule has 2 aliphatic rings. The number of piperidine rings is 1. The molecule has 0 unspecified atom stereocenters. The first kappa shape index (κ1) is 24.3. The highest BCUT2D eigenvalue weighted by atomic mass is 35.5. The molecule has 34 heavy (non-hydrogen) atoms. The van der Waals surface area contributed by atoms with Crippen molar-refractivity contribution in [1.29, 1.82) is 0 Å². The van der Waals surface area contributed by atoms with Gasteiger partial charge in [0.05, 0.1) is 5.52 Å². The van der Waals surface area contributed by atoms with Gasteiger partial charge in [0.25, 0.3) is 0 Å². The molecule has 0 aliphatic carbocycles. The summed E-state index contributed by atoms with van der Waals surface area (Å²) >= 11 is 0. The Morgan fingerprint density at radius 2 is 1.76 bits per heavy atom. The number of nitrogens with one attached hydrogen (secondary N) is 1. The zero-order valence-electron chi connectivity index (χ0n) is 19.5. The number of carbonyl (C=O) groups excluding carboxylic acids is 1. The van der Waals surface area contributed by atoms with Gasteiger partial charge in [0.2, 0.25) is 0 Å². The van der Waals surface area contributed by atoms with Gasteiger partial charge in [-0.15, -0.1) is 12.4 Å². The first-order valence-corrected chi connectivity index (χ1v) is 11.9. The van der Waals surface area contributed by atoms with E-state index in [1.807, 2.05) is 29.3 Å². The molecule has 6 nitrogen and oxygen atoms in total. The molecule has 0 radical (unpaired) electrons. The van der Waals surface area contributed by atoms with Crippen LogP contribution in [-0.2, 0) is 4.74 Å². The number of aromatic nitrogens is 1. The van der Waals surface area contributed by atoms with Crippen LogP contribution in [0.4, 0.5) is 4.79 Å². The summed E-state index contributed by atoms with van der Waals surface area (Å²) in [6.45, 7) is 5.04. The lowest BCUT2D eigenvalue weighted by molar-refractivity contribution is 0.0747. The lowest BCUT2D eigenvalue weighted by atomic mass is 9.98. The number of hydrogen-bond acceptors (Lipinski definition) is 4. The minimum Gasteiger partial charge on any atom is -0.490 e. The first-order valence-electron chi connectivity index (χ1n) is 11.9. The third-order valence-corrected chi connectivity index (χ3v) is 6.77. The standard InChI is InChI=1S/C27H31N3O3.ClH/c1-19-25(9-6-21-3-2-14-28-26(19)21)20-4-7-23(8-5-20)33-24-10-15-30(16-11-24)27(31)29-22-12-17-32-18-13-22;/h2-9,14,22,24H,10-13,15-18H2,1H3,(H,29,31);1H. The van der Waals surface area contributed by atoms with Crippen molar-refractivity contribution in [2.24, 2.45) is 0 Å². The summed E-state index contributed by atoms with van der Waals surface area (Å²) in [5.74, 6) is 0.875. The van der Waals surface area contributed by atoms with Gasteiger partial charge in [0, 0.05) is 56.8 Å². The minimum absolute atomic E-state index is 0. The zero-order chi connectivity index (χ0) is 22.6. The fourth-order valence-electron chi connectivity index (χ4n) is 4.79. The van der Waals surface area contributed by atoms with Crippen LogP contribution in [0.2, 0.25) is 0 Å². The van der Waals surface area contributed by atoms with Gasteiger partial charge in [0.15, 0.2) is 0 Å². The number of fused-ring (bicyclic) bond motifs is 1. The molecule has 1 aromatic heterocycles. The van der Waals surface area contributed by atoms with Crippen LogP contribution in [0.15, 0.2) is 54.7 Å². The third-order valence-electron chi connectivity index (χ3n) is 6.77. The summed E-state index contributed by atoms with van der Waals surface area (Å²) in [4.78, 5) is 19.0. The quantitative estimate of drug-likeness (QED) is 0.544. The molecule has 0 saturated carbocycles. The van der Waals surface area contributed by atoms with Gasteiger partial charge in [-0.1, -0.05) is 30.3 Å². The second kappa shape index (κ2) is 11.1. The molecule has 2 amide bonds. The van der Waals surface area contributed by atoms with Crippen molar-refractivity contribution in [2.45, 2.75) is 44.8 Å². The molecule has 1 N–H and O–H groups in total. The van der Waals surface area contributed by atoms with Crippen molar-refractivity contribution in [3.63, 3.8) is 0 Å². The fraction of sp³-hybridized carbons (Fsp3) is 0.407. The van der Waals surface area contributed by atoms with Crippen molar-refractivity contribution in [3.05, 3.63) is 60.3 Å². The number of hydrogen-bond donors (Lipinski definition) is 1. The Bertz CT molecular complexity index is 1110. The van der Waals surface area contributed by atoms with Gasteiger partial charge in [-0.3, -0.25) is 4.98 Å². The highest BCUT2D eigenvalue weighted by molar-refractivity contribution is 5.88. The van der Waals surface area contributed by atoms with Crippen LogP contribution in [0, 0.1) is 6.92 Å². The van der Waals surface area contributed by atoms with E-state index in [4.69, 9.17) is 9.47 Å². The number of benzene rings is 2. The Morgan fingerprint density at radius 1 is 1.03 bits per heavy atom. The molecule has 5 rings (SSSR count). The van der Waals surface area contributed by atoms with Crippen molar-refractivity contribution in [2.75, 3.05) is 26.3 Å². The molecule has 3 heterocycles. The maximum Gasteiger partial charge on any atom is 0.317 e. The predicted molar refractivity (Wildman–Crippen MR) is 137 cm³/mol. The van der Waals surface area contributed by atoms with Crippen LogP contribution in [0.25, 0.3) is 22.0 Å². The summed E-state index contributed by atoms with van der Waals surface area (Å²) < 4.78 is 11.6. The number of likely N-dealkylation sites (tertiary alicyclic amines) is 1. The molecular weight excluding hydrogens is 450 g/mol. The maximum absolute atomic E-state index is 12.5. The summed E-state index contributed by atoms with van der Waals surface area (Å²) in [6, 6.07) is 16.9. The van der Waals surface area contributed by atoms with Gasteiger partial charge in [-0.2, -0.15) is 0 Å². The molecule has 2 aromatic carbocycles. The van der Waals surface area contributed by atoms with Gasteiger partial charge in [0.1, 0.15) is 11.9 Å². The van der Waals surface area contributed by atoms with Gasteiger partial charge in [-0.05, 0) is 54.7 Å². The topological polar surface area (TPSA) is 63.7 Å². The van der Waals surface area contributed by atoms with E-state index >= 15 is 0 Å². The highest BCUT2D eigenvalue weighted by Gasteiger charge is 2.26. The number of rotatable bonds is 4. The molecule has 0 atom stereocenters. The number of aryl methyl sites for hydroxylation is 1. The Kier molecular flexibility index (Phi) is 7.91. The number of carbonyl (C=O) groups is 1. The lowest BCUT2D eigenvalue weighted by Crippen LogP contribution is -2.50. The minimum atomic E-state index is 0. The number of halogens is 1. The second-order valence-electron chi connectivity index (χ2n) is 8.98. The Labute approximate surface area is 207 Å². The Morgan fingerprint density at radius 3 is 2.50 bits per heavy atom. The number of ether oxygens (including phenoxy) is 2. The van der Waals surface area contributed by atoms with Crippen molar-refractivity contribution in [1.82, 2.24) is 15.2 Å². The molecule has 2 aliphatic heterocycles. The number of nitrogens with zero attached hydrogens (tertiary/aromatic N) is 2. The summed E-state index contributed by atoms with van der Waals surface area (Å²) in [5, 5.41) is 4.31. The van der Waals surface area contributed by atoms with Gasteiger partial charge in [-0.25, -0.2) is 4.79 Å². The van der Waals surface area contributed by atoms with Crippen molar-refractivity contribution in [3.8, 4) is 16.9 Å². The molecular formula is C27H32ClN3O3. The highest BCUT2D eigenvalue weighted by Crippen LogP contribution is 2.30. The summed E-state index contributed by atoms with van der Waals surface area (Å²) in [7, 11) is 0. The van der Waals surface area contributed by atoms with E-state index in [-0.39, 0.29) is 30.6 Å². The van der Waals surface area contributed by atoms with E-state index in [2.05, 4.69) is 47.6 Å². The molecule has 2 saturated heterocycles. The van der Waals surface area contributed by atoms with Crippen LogP contribution >= 0.6 is 12.4 Å². The number of amides is 2. The largest absolute Gasteiger partial charge is 0.490 e. The second-order valence-corrected chi connectivity index (χ2v) is 8.98. The van der Waals surface area contributed by atoms with E-state index in [9.17, 15) is 4.79 Å². The predicted octanol–water partition coefficient (Wildman–Crippen LogP) is 5.36. The smallest absolute Gasteiger partial charge is 0.317 e. The molecule has 0 bridgehead atoms. The average molecular weight is 482 g/mol. The zero-order valence-corrected chi connectivity index (χ0v) is 20.4. The van der Waals surface area contributed by atoms with Crippen LogP contribution in [0.5, 0.6) is 5.75 Å².